The van der Waals surface area contributed by atoms with Gasteiger partial charge < -0.3 is 14.8 Å². The van der Waals surface area contributed by atoms with Crippen LogP contribution in [0.2, 0.25) is 5.02 Å². The highest BCUT2D eigenvalue weighted by atomic mass is 35.5. The number of carbonyl (C=O) groups is 1. The van der Waals surface area contributed by atoms with E-state index >= 15 is 0 Å². The lowest BCUT2D eigenvalue weighted by Gasteiger charge is -2.13. The van der Waals surface area contributed by atoms with E-state index in [0.717, 1.165) is 22.5 Å². The van der Waals surface area contributed by atoms with Crippen molar-refractivity contribution in [1.29, 1.82) is 0 Å². The minimum atomic E-state index is -0.289. The van der Waals surface area contributed by atoms with Gasteiger partial charge in [-0.3, -0.25) is 9.36 Å². The first-order valence-electron chi connectivity index (χ1n) is 9.29. The monoisotopic (exact) mass is 421 g/mol. The number of nitrogens with one attached hydrogen (secondary N) is 1. The minimum Gasteiger partial charge on any atom is -0.495 e. The molecule has 0 saturated carbocycles. The number of nitrogens with zero attached hydrogens (tertiary/aromatic N) is 2. The molecule has 1 heterocycles. The van der Waals surface area contributed by atoms with Crippen LogP contribution < -0.4 is 14.8 Å². The lowest BCUT2D eigenvalue weighted by atomic mass is 10.1. The quantitative estimate of drug-likeness (QED) is 0.477. The standard InChI is InChI=1S/C23H20ClN3O3/c1-14-25-18-11-15(9-10-20(18)27(14)16-7-5-4-6-8-16)23(28)26-19-12-17(24)21(29-2)13-22(19)30-3/h4-13H,1-3H3,(H,26,28). The second-order valence-corrected chi connectivity index (χ2v) is 7.08. The zero-order valence-electron chi connectivity index (χ0n) is 16.8. The van der Waals surface area contributed by atoms with Gasteiger partial charge in [0.2, 0.25) is 0 Å². The Morgan fingerprint density at radius 1 is 1.00 bits per heavy atom. The predicted molar refractivity (Wildman–Crippen MR) is 118 cm³/mol. The number of benzene rings is 3. The number of ether oxygens (including phenoxy) is 2. The van der Waals surface area contributed by atoms with Crippen molar-refractivity contribution in [3.8, 4) is 17.2 Å². The molecule has 0 bridgehead atoms. The normalized spacial score (nSPS) is 10.8. The van der Waals surface area contributed by atoms with Crippen molar-refractivity contribution in [2.75, 3.05) is 19.5 Å². The number of para-hydroxylation sites is 1. The largest absolute Gasteiger partial charge is 0.495 e. The second kappa shape index (κ2) is 8.08. The van der Waals surface area contributed by atoms with E-state index in [-0.39, 0.29) is 5.91 Å². The van der Waals surface area contributed by atoms with Crippen molar-refractivity contribution in [2.45, 2.75) is 6.92 Å². The molecule has 4 rings (SSSR count). The number of aryl methyl sites for hydroxylation is 1. The summed E-state index contributed by atoms with van der Waals surface area (Å²) in [7, 11) is 3.04. The molecule has 0 aliphatic carbocycles. The van der Waals surface area contributed by atoms with E-state index in [1.165, 1.54) is 14.2 Å². The van der Waals surface area contributed by atoms with Crippen molar-refractivity contribution < 1.29 is 14.3 Å². The van der Waals surface area contributed by atoms with Gasteiger partial charge in [0.1, 0.15) is 17.3 Å². The highest BCUT2D eigenvalue weighted by molar-refractivity contribution is 6.32. The first-order valence-corrected chi connectivity index (χ1v) is 9.67. The lowest BCUT2D eigenvalue weighted by molar-refractivity contribution is 0.102. The molecule has 1 aromatic heterocycles. The van der Waals surface area contributed by atoms with Crippen LogP contribution in [0.3, 0.4) is 0 Å². The van der Waals surface area contributed by atoms with E-state index in [0.29, 0.717) is 27.8 Å². The van der Waals surface area contributed by atoms with Gasteiger partial charge in [-0.2, -0.15) is 0 Å². The first-order chi connectivity index (χ1) is 14.5. The van der Waals surface area contributed by atoms with Crippen molar-refractivity contribution in [3.63, 3.8) is 0 Å². The molecule has 0 aliphatic rings. The fourth-order valence-electron chi connectivity index (χ4n) is 3.40. The van der Waals surface area contributed by atoms with Crippen LogP contribution in [0.4, 0.5) is 5.69 Å². The number of halogens is 1. The molecule has 0 aliphatic heterocycles. The summed E-state index contributed by atoms with van der Waals surface area (Å²) in [4.78, 5) is 17.5. The van der Waals surface area contributed by atoms with Gasteiger partial charge in [0.25, 0.3) is 5.91 Å². The number of fused-ring (bicyclic) bond motifs is 1. The van der Waals surface area contributed by atoms with E-state index in [4.69, 9.17) is 21.1 Å². The fraction of sp³-hybridized carbons (Fsp3) is 0.130. The average molecular weight is 422 g/mol. The summed E-state index contributed by atoms with van der Waals surface area (Å²) in [5.74, 6) is 1.48. The van der Waals surface area contributed by atoms with Gasteiger partial charge in [-0.05, 0) is 43.3 Å². The van der Waals surface area contributed by atoms with E-state index in [9.17, 15) is 4.79 Å². The van der Waals surface area contributed by atoms with Crippen LogP contribution in [0.5, 0.6) is 11.5 Å². The van der Waals surface area contributed by atoms with Gasteiger partial charge >= 0.3 is 0 Å². The molecule has 4 aromatic rings. The van der Waals surface area contributed by atoms with E-state index in [1.807, 2.05) is 43.3 Å². The first kappa shape index (κ1) is 19.8. The van der Waals surface area contributed by atoms with Crippen LogP contribution in [-0.2, 0) is 0 Å². The molecule has 1 N–H and O–H groups in total. The number of amides is 1. The number of carbonyl (C=O) groups excluding carboxylic acids is 1. The Morgan fingerprint density at radius 2 is 1.73 bits per heavy atom. The van der Waals surface area contributed by atoms with Gasteiger partial charge in [-0.1, -0.05) is 29.8 Å². The van der Waals surface area contributed by atoms with Crippen LogP contribution >= 0.6 is 11.6 Å². The molecule has 6 nitrogen and oxygen atoms in total. The van der Waals surface area contributed by atoms with Gasteiger partial charge in [0.05, 0.1) is 36.0 Å². The van der Waals surface area contributed by atoms with Crippen LogP contribution in [0.1, 0.15) is 16.2 Å². The molecular weight excluding hydrogens is 402 g/mol. The van der Waals surface area contributed by atoms with Crippen molar-refractivity contribution in [3.05, 3.63) is 77.1 Å². The molecule has 0 unspecified atom stereocenters. The van der Waals surface area contributed by atoms with Gasteiger partial charge in [0.15, 0.2) is 0 Å². The molecule has 0 saturated heterocycles. The Bertz CT molecular complexity index is 1240. The Balaban J connectivity index is 1.68. The van der Waals surface area contributed by atoms with Gasteiger partial charge in [-0.15, -0.1) is 0 Å². The summed E-state index contributed by atoms with van der Waals surface area (Å²) in [5, 5.41) is 3.23. The number of hydrogen-bond acceptors (Lipinski definition) is 4. The van der Waals surface area contributed by atoms with Crippen molar-refractivity contribution >= 4 is 34.2 Å². The number of hydrogen-bond donors (Lipinski definition) is 1. The topological polar surface area (TPSA) is 65.4 Å². The third-order valence-electron chi connectivity index (χ3n) is 4.82. The van der Waals surface area contributed by atoms with Crippen LogP contribution in [0, 0.1) is 6.92 Å². The molecule has 3 aromatic carbocycles. The van der Waals surface area contributed by atoms with Crippen molar-refractivity contribution in [1.82, 2.24) is 9.55 Å². The minimum absolute atomic E-state index is 0.289. The Kier molecular flexibility index (Phi) is 5.33. The zero-order chi connectivity index (χ0) is 21.3. The highest BCUT2D eigenvalue weighted by Crippen LogP contribution is 2.36. The Morgan fingerprint density at radius 3 is 2.43 bits per heavy atom. The van der Waals surface area contributed by atoms with E-state index < -0.39 is 0 Å². The summed E-state index contributed by atoms with van der Waals surface area (Å²) in [6, 6.07) is 18.7. The Hall–Kier alpha value is -3.51. The summed E-state index contributed by atoms with van der Waals surface area (Å²) < 4.78 is 12.6. The number of methoxy groups -OCH3 is 2. The molecule has 30 heavy (non-hydrogen) atoms. The van der Waals surface area contributed by atoms with Crippen LogP contribution in [-0.4, -0.2) is 29.7 Å². The molecule has 0 spiro atoms. The lowest BCUT2D eigenvalue weighted by Crippen LogP contribution is -2.12. The predicted octanol–water partition coefficient (Wildman–Crippen LogP) is 5.26. The molecule has 7 heteroatoms. The summed E-state index contributed by atoms with van der Waals surface area (Å²) in [5.41, 5.74) is 3.63. The number of anilines is 1. The average Bonchev–Trinajstić information content (AvgIpc) is 3.09. The number of imidazole rings is 1. The summed E-state index contributed by atoms with van der Waals surface area (Å²) in [6.45, 7) is 1.94. The molecule has 0 fully saturated rings. The summed E-state index contributed by atoms with van der Waals surface area (Å²) >= 11 is 6.20. The third-order valence-corrected chi connectivity index (χ3v) is 5.12. The van der Waals surface area contributed by atoms with E-state index in [1.54, 1.807) is 24.3 Å². The molecule has 152 valence electrons. The fourth-order valence-corrected chi connectivity index (χ4v) is 3.64. The van der Waals surface area contributed by atoms with Gasteiger partial charge in [0, 0.05) is 17.3 Å². The zero-order valence-corrected chi connectivity index (χ0v) is 17.5. The molecule has 0 radical (unpaired) electrons. The Labute approximate surface area is 179 Å². The molecule has 0 atom stereocenters. The SMILES string of the molecule is COc1cc(OC)c(NC(=O)c2ccc3c(c2)nc(C)n3-c2ccccc2)cc1Cl. The maximum Gasteiger partial charge on any atom is 0.255 e. The van der Waals surface area contributed by atoms with E-state index in [2.05, 4.69) is 14.9 Å². The number of rotatable bonds is 5. The molecule has 1 amide bonds. The van der Waals surface area contributed by atoms with Crippen LogP contribution in [0.25, 0.3) is 16.7 Å². The molecular formula is C23H20ClN3O3. The maximum atomic E-state index is 12.9. The maximum absolute atomic E-state index is 12.9. The highest BCUT2D eigenvalue weighted by Gasteiger charge is 2.16. The van der Waals surface area contributed by atoms with Crippen LogP contribution in [0.15, 0.2) is 60.7 Å². The smallest absolute Gasteiger partial charge is 0.255 e. The third kappa shape index (κ3) is 3.57. The van der Waals surface area contributed by atoms with Crippen molar-refractivity contribution in [2.24, 2.45) is 0 Å². The van der Waals surface area contributed by atoms with Gasteiger partial charge in [-0.25, -0.2) is 4.98 Å². The number of aromatic nitrogens is 2. The summed E-state index contributed by atoms with van der Waals surface area (Å²) in [6.07, 6.45) is 0. The second-order valence-electron chi connectivity index (χ2n) is 6.67.